The number of nitrogens with one attached hydrogen (secondary N) is 1. The smallest absolute Gasteiger partial charge is 0.257 e. The van der Waals surface area contributed by atoms with Crippen LogP contribution in [0.15, 0.2) is 29.7 Å². The van der Waals surface area contributed by atoms with Gasteiger partial charge in [0.25, 0.3) is 10.0 Å². The molecule has 1 atom stereocenters. The molecule has 2 rings (SSSR count). The van der Waals surface area contributed by atoms with Gasteiger partial charge in [-0.15, -0.1) is 23.2 Å². The molecule has 1 aromatic rings. The minimum atomic E-state index is -3.94. The van der Waals surface area contributed by atoms with Gasteiger partial charge in [0.1, 0.15) is 10.2 Å². The van der Waals surface area contributed by atoms with Crippen LogP contribution in [-0.4, -0.2) is 18.7 Å². The number of hydrogen-bond acceptors (Lipinski definition) is 3. The van der Waals surface area contributed by atoms with E-state index in [2.05, 4.69) is 0 Å². The molecule has 1 unspecified atom stereocenters. The van der Waals surface area contributed by atoms with E-state index in [1.807, 2.05) is 4.72 Å². The third-order valence-electron chi connectivity index (χ3n) is 2.69. The van der Waals surface area contributed by atoms with Crippen LogP contribution in [0, 0.1) is 11.7 Å². The fourth-order valence-corrected chi connectivity index (χ4v) is 2.82. The molecule has 0 aromatic heterocycles. The molecule has 1 fully saturated rings. The number of amides is 1. The van der Waals surface area contributed by atoms with Gasteiger partial charge in [0, 0.05) is 0 Å². The first-order valence-corrected chi connectivity index (χ1v) is 7.88. The maximum Gasteiger partial charge on any atom is 0.257 e. The molecule has 0 saturated heterocycles. The summed E-state index contributed by atoms with van der Waals surface area (Å²) in [6.45, 7) is 0. The summed E-state index contributed by atoms with van der Waals surface area (Å²) < 4.78 is 36.6. The van der Waals surface area contributed by atoms with Crippen LogP contribution in [-0.2, 0) is 14.8 Å². The topological polar surface area (TPSA) is 63.2 Å². The quantitative estimate of drug-likeness (QED) is 0.858. The minimum Gasteiger partial charge on any atom is -0.274 e. The van der Waals surface area contributed by atoms with Crippen molar-refractivity contribution < 1.29 is 17.6 Å². The van der Waals surface area contributed by atoms with E-state index in [1.165, 1.54) is 30.3 Å². The predicted octanol–water partition coefficient (Wildman–Crippen LogP) is 2.44. The molecule has 0 bridgehead atoms. The van der Waals surface area contributed by atoms with Crippen molar-refractivity contribution in [2.24, 2.45) is 5.92 Å². The Labute approximate surface area is 125 Å². The molecule has 0 aliphatic heterocycles. The number of alkyl halides is 2. The molecule has 1 aliphatic carbocycles. The van der Waals surface area contributed by atoms with Gasteiger partial charge in [-0.05, 0) is 30.2 Å². The van der Waals surface area contributed by atoms with Crippen molar-refractivity contribution in [3.05, 3.63) is 41.1 Å². The number of carbonyl (C=O) groups is 1. The van der Waals surface area contributed by atoms with Gasteiger partial charge in [0.05, 0.1) is 11.3 Å². The molecule has 1 amide bonds. The SMILES string of the molecule is O=C(NS(=O)(=O)/C=C/c1ccc(F)cc1)C1CC1(Cl)Cl. The van der Waals surface area contributed by atoms with Gasteiger partial charge in [-0.2, -0.15) is 0 Å². The van der Waals surface area contributed by atoms with Crippen molar-refractivity contribution in [1.82, 2.24) is 4.72 Å². The Balaban J connectivity index is 2.01. The Morgan fingerprint density at radius 3 is 2.40 bits per heavy atom. The Hall–Kier alpha value is -1.11. The van der Waals surface area contributed by atoms with Crippen LogP contribution >= 0.6 is 23.2 Å². The number of benzene rings is 1. The van der Waals surface area contributed by atoms with Crippen LogP contribution in [0.1, 0.15) is 12.0 Å². The molecular weight excluding hydrogens is 328 g/mol. The molecule has 1 N–H and O–H groups in total. The van der Waals surface area contributed by atoms with Gasteiger partial charge in [0.2, 0.25) is 5.91 Å². The summed E-state index contributed by atoms with van der Waals surface area (Å²) in [7, 11) is -3.94. The highest BCUT2D eigenvalue weighted by Crippen LogP contribution is 2.53. The van der Waals surface area contributed by atoms with E-state index >= 15 is 0 Å². The van der Waals surface area contributed by atoms with Crippen molar-refractivity contribution >= 4 is 45.2 Å². The van der Waals surface area contributed by atoms with E-state index in [1.54, 1.807) is 0 Å². The molecule has 20 heavy (non-hydrogen) atoms. The lowest BCUT2D eigenvalue weighted by atomic mass is 10.2. The fourth-order valence-electron chi connectivity index (χ4n) is 1.49. The summed E-state index contributed by atoms with van der Waals surface area (Å²) in [5.41, 5.74) is 0.486. The van der Waals surface area contributed by atoms with Gasteiger partial charge < -0.3 is 0 Å². The zero-order chi connectivity index (χ0) is 15.0. The maximum atomic E-state index is 12.7. The third kappa shape index (κ3) is 3.94. The zero-order valence-electron chi connectivity index (χ0n) is 10.0. The van der Waals surface area contributed by atoms with E-state index in [9.17, 15) is 17.6 Å². The molecule has 0 spiro atoms. The summed E-state index contributed by atoms with van der Waals surface area (Å²) in [5.74, 6) is -1.88. The Morgan fingerprint density at radius 2 is 1.90 bits per heavy atom. The summed E-state index contributed by atoms with van der Waals surface area (Å²) in [6.07, 6.45) is 1.47. The first kappa shape index (κ1) is 15.3. The van der Waals surface area contributed by atoms with Gasteiger partial charge in [-0.1, -0.05) is 12.1 Å². The number of hydrogen-bond donors (Lipinski definition) is 1. The van der Waals surface area contributed by atoms with Gasteiger partial charge in [-0.25, -0.2) is 17.5 Å². The van der Waals surface area contributed by atoms with E-state index in [0.29, 0.717) is 5.56 Å². The van der Waals surface area contributed by atoms with Crippen LogP contribution in [0.25, 0.3) is 6.08 Å². The van der Waals surface area contributed by atoms with Gasteiger partial charge in [0.15, 0.2) is 0 Å². The fraction of sp³-hybridized carbons (Fsp3) is 0.250. The summed E-state index contributed by atoms with van der Waals surface area (Å²) in [4.78, 5) is 11.5. The van der Waals surface area contributed by atoms with E-state index in [0.717, 1.165) is 5.41 Å². The van der Waals surface area contributed by atoms with Crippen molar-refractivity contribution in [3.63, 3.8) is 0 Å². The van der Waals surface area contributed by atoms with Crippen molar-refractivity contribution in [3.8, 4) is 0 Å². The highest BCUT2D eigenvalue weighted by Gasteiger charge is 2.56. The van der Waals surface area contributed by atoms with Crippen LogP contribution in [0.5, 0.6) is 0 Å². The molecule has 1 aromatic carbocycles. The molecule has 0 radical (unpaired) electrons. The molecule has 4 nitrogen and oxygen atoms in total. The van der Waals surface area contributed by atoms with Crippen LogP contribution in [0.2, 0.25) is 0 Å². The average Bonchev–Trinajstić information content (AvgIpc) is 2.98. The molecule has 108 valence electrons. The predicted molar refractivity (Wildman–Crippen MR) is 75.0 cm³/mol. The lowest BCUT2D eigenvalue weighted by molar-refractivity contribution is -0.120. The number of carbonyl (C=O) groups excluding carboxylic acids is 1. The van der Waals surface area contributed by atoms with E-state index < -0.39 is 32.0 Å². The van der Waals surface area contributed by atoms with Crippen LogP contribution in [0.3, 0.4) is 0 Å². The van der Waals surface area contributed by atoms with Crippen molar-refractivity contribution in [1.29, 1.82) is 0 Å². The first-order chi connectivity index (χ1) is 9.20. The number of halogens is 3. The van der Waals surface area contributed by atoms with Crippen molar-refractivity contribution in [2.75, 3.05) is 0 Å². The second-order valence-corrected chi connectivity index (χ2v) is 7.49. The number of sulfonamides is 1. The van der Waals surface area contributed by atoms with Crippen LogP contribution < -0.4 is 4.72 Å². The Kier molecular flexibility index (Phi) is 4.09. The lowest BCUT2D eigenvalue weighted by Gasteiger charge is -2.02. The highest BCUT2D eigenvalue weighted by molar-refractivity contribution is 7.93. The van der Waals surface area contributed by atoms with Gasteiger partial charge in [-0.3, -0.25) is 4.79 Å². The zero-order valence-corrected chi connectivity index (χ0v) is 12.3. The normalized spacial score (nSPS) is 20.9. The summed E-state index contributed by atoms with van der Waals surface area (Å²) in [5, 5.41) is 0.824. The molecule has 0 heterocycles. The standard InChI is InChI=1S/C12H10Cl2FNO3S/c13-12(14)7-10(12)11(17)16-20(18,19)6-5-8-1-3-9(15)4-2-8/h1-6,10H,7H2,(H,16,17)/b6-5+. The number of rotatable bonds is 4. The maximum absolute atomic E-state index is 12.7. The lowest BCUT2D eigenvalue weighted by Crippen LogP contribution is -2.31. The summed E-state index contributed by atoms with van der Waals surface area (Å²) in [6, 6.07) is 5.22. The summed E-state index contributed by atoms with van der Waals surface area (Å²) >= 11 is 11.3. The molecule has 1 aliphatic rings. The van der Waals surface area contributed by atoms with E-state index in [-0.39, 0.29) is 6.42 Å². The first-order valence-electron chi connectivity index (χ1n) is 5.58. The Morgan fingerprint density at radius 1 is 1.35 bits per heavy atom. The molecule has 1 saturated carbocycles. The molecular formula is C12H10Cl2FNO3S. The highest BCUT2D eigenvalue weighted by atomic mass is 35.5. The van der Waals surface area contributed by atoms with E-state index in [4.69, 9.17) is 23.2 Å². The Bertz CT molecular complexity index is 656. The third-order valence-corrected chi connectivity index (χ3v) is 4.51. The second kappa shape index (κ2) is 5.35. The minimum absolute atomic E-state index is 0.221. The monoisotopic (exact) mass is 337 g/mol. The van der Waals surface area contributed by atoms with Crippen LogP contribution in [0.4, 0.5) is 4.39 Å². The van der Waals surface area contributed by atoms with Gasteiger partial charge >= 0.3 is 0 Å². The molecule has 8 heteroatoms. The van der Waals surface area contributed by atoms with Crippen molar-refractivity contribution in [2.45, 2.75) is 10.8 Å². The second-order valence-electron chi connectivity index (χ2n) is 4.38. The largest absolute Gasteiger partial charge is 0.274 e. The average molecular weight is 338 g/mol.